The third kappa shape index (κ3) is 3.46. The highest BCUT2D eigenvalue weighted by atomic mass is 32.1. The summed E-state index contributed by atoms with van der Waals surface area (Å²) in [6, 6.07) is 13.4. The maximum Gasteiger partial charge on any atom is 0.228 e. The zero-order chi connectivity index (χ0) is 18.1. The van der Waals surface area contributed by atoms with Crippen LogP contribution >= 0.6 is 11.3 Å². The molecule has 6 heteroatoms. The first-order valence-electron chi connectivity index (χ1n) is 8.65. The van der Waals surface area contributed by atoms with Crippen LogP contribution in [0.25, 0.3) is 10.2 Å². The minimum absolute atomic E-state index is 0.0596. The van der Waals surface area contributed by atoms with Gasteiger partial charge in [-0.1, -0.05) is 12.1 Å². The number of carbonyl (C=O) groups excluding carboxylic acids is 2. The van der Waals surface area contributed by atoms with Crippen LogP contribution in [0.3, 0.4) is 0 Å². The van der Waals surface area contributed by atoms with Gasteiger partial charge in [0.15, 0.2) is 0 Å². The SMILES string of the molecule is Cc1nc2ccc(NC(=O)Cc3ccc(N4CCCC4=O)cc3)cc2s1. The van der Waals surface area contributed by atoms with E-state index < -0.39 is 0 Å². The predicted molar refractivity (Wildman–Crippen MR) is 105 cm³/mol. The molecule has 0 bridgehead atoms. The van der Waals surface area contributed by atoms with Crippen LogP contribution in [0.5, 0.6) is 0 Å². The first-order chi connectivity index (χ1) is 12.6. The fourth-order valence-corrected chi connectivity index (χ4v) is 4.09. The van der Waals surface area contributed by atoms with Crippen molar-refractivity contribution in [3.8, 4) is 0 Å². The summed E-state index contributed by atoms with van der Waals surface area (Å²) in [5.41, 5.74) is 3.57. The Kier molecular flexibility index (Phi) is 4.42. The zero-order valence-corrected chi connectivity index (χ0v) is 15.3. The second kappa shape index (κ2) is 6.88. The highest BCUT2D eigenvalue weighted by Crippen LogP contribution is 2.25. The van der Waals surface area contributed by atoms with Gasteiger partial charge in [-0.3, -0.25) is 9.59 Å². The van der Waals surface area contributed by atoms with Gasteiger partial charge in [-0.05, 0) is 49.2 Å². The third-order valence-corrected chi connectivity index (χ3v) is 5.40. The lowest BCUT2D eigenvalue weighted by molar-refractivity contribution is -0.117. The molecular formula is C20H19N3O2S. The van der Waals surface area contributed by atoms with Crippen LogP contribution in [-0.4, -0.2) is 23.3 Å². The van der Waals surface area contributed by atoms with Crippen molar-refractivity contribution in [1.82, 2.24) is 4.98 Å². The fraction of sp³-hybridized carbons (Fsp3) is 0.250. The van der Waals surface area contributed by atoms with Crippen molar-refractivity contribution < 1.29 is 9.59 Å². The number of aryl methyl sites for hydroxylation is 1. The number of rotatable bonds is 4. The molecule has 2 heterocycles. The molecule has 1 aliphatic rings. The standard InChI is InChI=1S/C20H19N3O2S/c1-13-21-17-9-6-15(12-18(17)26-13)22-19(24)11-14-4-7-16(8-5-14)23-10-2-3-20(23)25/h4-9,12H,2-3,10-11H2,1H3,(H,22,24). The van der Waals surface area contributed by atoms with Crippen molar-refractivity contribution in [3.05, 3.63) is 53.0 Å². The third-order valence-electron chi connectivity index (χ3n) is 4.47. The van der Waals surface area contributed by atoms with Gasteiger partial charge in [0.2, 0.25) is 11.8 Å². The van der Waals surface area contributed by atoms with E-state index in [0.717, 1.165) is 45.1 Å². The van der Waals surface area contributed by atoms with Crippen LogP contribution < -0.4 is 10.2 Å². The van der Waals surface area contributed by atoms with Crippen molar-refractivity contribution in [2.75, 3.05) is 16.8 Å². The van der Waals surface area contributed by atoms with E-state index in [1.54, 1.807) is 16.2 Å². The van der Waals surface area contributed by atoms with Gasteiger partial charge < -0.3 is 10.2 Å². The van der Waals surface area contributed by atoms with Gasteiger partial charge in [0.25, 0.3) is 0 Å². The first-order valence-corrected chi connectivity index (χ1v) is 9.46. The second-order valence-corrected chi connectivity index (χ2v) is 7.69. The maximum absolute atomic E-state index is 12.3. The highest BCUT2D eigenvalue weighted by Gasteiger charge is 2.21. The minimum atomic E-state index is -0.0596. The Hall–Kier alpha value is -2.73. The molecule has 4 rings (SSSR count). The molecule has 0 aliphatic carbocycles. The van der Waals surface area contributed by atoms with Crippen LogP contribution in [0.2, 0.25) is 0 Å². The molecule has 26 heavy (non-hydrogen) atoms. The molecular weight excluding hydrogens is 346 g/mol. The number of hydrogen-bond acceptors (Lipinski definition) is 4. The molecule has 1 saturated heterocycles. The Morgan fingerprint density at radius 3 is 2.77 bits per heavy atom. The molecule has 0 unspecified atom stereocenters. The number of nitrogens with one attached hydrogen (secondary N) is 1. The summed E-state index contributed by atoms with van der Waals surface area (Å²) in [4.78, 5) is 30.3. The summed E-state index contributed by atoms with van der Waals surface area (Å²) in [6.45, 7) is 2.75. The molecule has 0 atom stereocenters. The zero-order valence-electron chi connectivity index (χ0n) is 14.5. The fourth-order valence-electron chi connectivity index (χ4n) is 3.22. The van der Waals surface area contributed by atoms with E-state index in [2.05, 4.69) is 10.3 Å². The summed E-state index contributed by atoms with van der Waals surface area (Å²) in [5, 5.41) is 3.96. The van der Waals surface area contributed by atoms with E-state index in [0.29, 0.717) is 12.8 Å². The number of anilines is 2. The van der Waals surface area contributed by atoms with Gasteiger partial charge in [-0.25, -0.2) is 4.98 Å². The van der Waals surface area contributed by atoms with Crippen molar-refractivity contribution in [1.29, 1.82) is 0 Å². The van der Waals surface area contributed by atoms with E-state index in [1.165, 1.54) is 0 Å². The molecule has 0 radical (unpaired) electrons. The van der Waals surface area contributed by atoms with Crippen molar-refractivity contribution in [2.45, 2.75) is 26.2 Å². The van der Waals surface area contributed by atoms with Crippen LogP contribution in [0.4, 0.5) is 11.4 Å². The lowest BCUT2D eigenvalue weighted by Crippen LogP contribution is -2.23. The molecule has 3 aromatic rings. The van der Waals surface area contributed by atoms with E-state index in [1.807, 2.05) is 49.4 Å². The van der Waals surface area contributed by atoms with Crippen LogP contribution in [0, 0.1) is 6.92 Å². The van der Waals surface area contributed by atoms with E-state index in [9.17, 15) is 9.59 Å². The quantitative estimate of drug-likeness (QED) is 0.762. The number of nitrogens with zero attached hydrogens (tertiary/aromatic N) is 2. The molecule has 1 aliphatic heterocycles. The van der Waals surface area contributed by atoms with Crippen LogP contribution in [0.1, 0.15) is 23.4 Å². The molecule has 132 valence electrons. The number of fused-ring (bicyclic) bond motifs is 1. The van der Waals surface area contributed by atoms with Crippen molar-refractivity contribution in [2.24, 2.45) is 0 Å². The topological polar surface area (TPSA) is 62.3 Å². The number of aromatic nitrogens is 1. The smallest absolute Gasteiger partial charge is 0.228 e. The average molecular weight is 365 g/mol. The Bertz CT molecular complexity index is 978. The minimum Gasteiger partial charge on any atom is -0.326 e. The van der Waals surface area contributed by atoms with Crippen LogP contribution in [0.15, 0.2) is 42.5 Å². The molecule has 2 aromatic carbocycles. The van der Waals surface area contributed by atoms with Gasteiger partial charge in [0.05, 0.1) is 21.6 Å². The van der Waals surface area contributed by atoms with E-state index in [-0.39, 0.29) is 11.8 Å². The average Bonchev–Trinajstić information content (AvgIpc) is 3.19. The van der Waals surface area contributed by atoms with Crippen LogP contribution in [-0.2, 0) is 16.0 Å². The second-order valence-electron chi connectivity index (χ2n) is 6.46. The number of thiazole rings is 1. The van der Waals surface area contributed by atoms with Crippen molar-refractivity contribution in [3.63, 3.8) is 0 Å². The number of hydrogen-bond donors (Lipinski definition) is 1. The summed E-state index contributed by atoms with van der Waals surface area (Å²) < 4.78 is 1.07. The van der Waals surface area contributed by atoms with E-state index in [4.69, 9.17) is 0 Å². The summed E-state index contributed by atoms with van der Waals surface area (Å²) in [6.07, 6.45) is 1.83. The van der Waals surface area contributed by atoms with E-state index >= 15 is 0 Å². The lowest BCUT2D eigenvalue weighted by Gasteiger charge is -2.15. The first kappa shape index (κ1) is 16.7. The Balaban J connectivity index is 1.41. The highest BCUT2D eigenvalue weighted by molar-refractivity contribution is 7.18. The lowest BCUT2D eigenvalue weighted by atomic mass is 10.1. The van der Waals surface area contributed by atoms with Crippen molar-refractivity contribution >= 4 is 44.7 Å². The Morgan fingerprint density at radius 2 is 2.04 bits per heavy atom. The number of carbonyl (C=O) groups is 2. The number of amides is 2. The Labute approximate surface area is 155 Å². The van der Waals surface area contributed by atoms with Gasteiger partial charge in [-0.2, -0.15) is 0 Å². The molecule has 2 amide bonds. The largest absolute Gasteiger partial charge is 0.326 e. The van der Waals surface area contributed by atoms with Gasteiger partial charge in [0.1, 0.15) is 0 Å². The molecule has 1 N–H and O–H groups in total. The summed E-state index contributed by atoms with van der Waals surface area (Å²) in [5.74, 6) is 0.111. The molecule has 1 fully saturated rings. The predicted octanol–water partition coefficient (Wildman–Crippen LogP) is 3.91. The summed E-state index contributed by atoms with van der Waals surface area (Å²) in [7, 11) is 0. The monoisotopic (exact) mass is 365 g/mol. The normalized spacial score (nSPS) is 14.2. The van der Waals surface area contributed by atoms with Gasteiger partial charge >= 0.3 is 0 Å². The summed E-state index contributed by atoms with van der Waals surface area (Å²) >= 11 is 1.62. The maximum atomic E-state index is 12.3. The molecule has 1 aromatic heterocycles. The molecule has 5 nitrogen and oxygen atoms in total. The number of benzene rings is 2. The van der Waals surface area contributed by atoms with Gasteiger partial charge in [-0.15, -0.1) is 11.3 Å². The molecule has 0 saturated carbocycles. The van der Waals surface area contributed by atoms with Gasteiger partial charge in [0, 0.05) is 24.3 Å². The Morgan fingerprint density at radius 1 is 1.23 bits per heavy atom. The molecule has 0 spiro atoms.